The van der Waals surface area contributed by atoms with E-state index < -0.39 is 0 Å². The van der Waals surface area contributed by atoms with Gasteiger partial charge in [-0.1, -0.05) is 28.9 Å². The smallest absolute Gasteiger partial charge is 0.171 e. The number of aromatic nitrogens is 1. The number of rotatable bonds is 6. The Labute approximate surface area is 113 Å². The maximum Gasteiger partial charge on any atom is 0.171 e. The fourth-order valence-electron chi connectivity index (χ4n) is 2.07. The zero-order valence-electron chi connectivity index (χ0n) is 11.7. The summed E-state index contributed by atoms with van der Waals surface area (Å²) in [5, 5.41) is 7.22. The molecule has 1 aromatic heterocycles. The van der Waals surface area contributed by atoms with Crippen molar-refractivity contribution < 1.29 is 9.26 Å². The summed E-state index contributed by atoms with van der Waals surface area (Å²) < 4.78 is 10.4. The van der Waals surface area contributed by atoms with Gasteiger partial charge in [-0.3, -0.25) is 0 Å². The molecule has 0 aliphatic carbocycles. The van der Waals surface area contributed by atoms with E-state index in [2.05, 4.69) is 42.5 Å². The highest BCUT2D eigenvalue weighted by Gasteiger charge is 2.12. The van der Waals surface area contributed by atoms with Gasteiger partial charge in [0.05, 0.1) is 12.8 Å². The van der Waals surface area contributed by atoms with Crippen LogP contribution in [0.1, 0.15) is 16.7 Å². The largest absolute Gasteiger partial charge is 0.383 e. The number of nitrogens with one attached hydrogen (secondary N) is 1. The van der Waals surface area contributed by atoms with E-state index in [0.29, 0.717) is 6.61 Å². The maximum absolute atomic E-state index is 5.41. The van der Waals surface area contributed by atoms with Crippen LogP contribution >= 0.6 is 0 Å². The summed E-state index contributed by atoms with van der Waals surface area (Å²) in [6.07, 6.45) is 1.77. The Kier molecular flexibility index (Phi) is 4.71. The number of methoxy groups -OCH3 is 1. The molecule has 4 heteroatoms. The van der Waals surface area contributed by atoms with Crippen molar-refractivity contribution in [2.75, 3.05) is 20.3 Å². The van der Waals surface area contributed by atoms with Crippen molar-refractivity contribution in [3.63, 3.8) is 0 Å². The topological polar surface area (TPSA) is 47.3 Å². The average Bonchev–Trinajstić information content (AvgIpc) is 2.83. The van der Waals surface area contributed by atoms with Crippen molar-refractivity contribution >= 4 is 0 Å². The molecule has 1 heterocycles. The third-order valence-electron chi connectivity index (χ3n) is 3.07. The van der Waals surface area contributed by atoms with Crippen LogP contribution in [0.25, 0.3) is 11.3 Å². The molecule has 102 valence electrons. The van der Waals surface area contributed by atoms with Crippen LogP contribution in [0, 0.1) is 13.8 Å². The third kappa shape index (κ3) is 3.43. The molecule has 0 unspecified atom stereocenters. The Morgan fingerprint density at radius 3 is 2.89 bits per heavy atom. The molecule has 19 heavy (non-hydrogen) atoms. The second-order valence-electron chi connectivity index (χ2n) is 4.67. The molecule has 0 atom stereocenters. The standard InChI is InChI=1S/C15H20N2O2/c1-11-4-5-14(12(2)8-11)15-13(10-17-19-15)9-16-6-7-18-3/h4-5,8,10,16H,6-7,9H2,1-3H3. The second kappa shape index (κ2) is 6.50. The van der Waals surface area contributed by atoms with Crippen molar-refractivity contribution in [3.05, 3.63) is 41.1 Å². The normalized spacial score (nSPS) is 10.9. The summed E-state index contributed by atoms with van der Waals surface area (Å²) in [7, 11) is 1.70. The molecule has 0 spiro atoms. The van der Waals surface area contributed by atoms with Crippen molar-refractivity contribution in [2.45, 2.75) is 20.4 Å². The molecule has 0 bridgehead atoms. The molecule has 0 aliphatic heterocycles. The van der Waals surface area contributed by atoms with Crippen molar-refractivity contribution in [3.8, 4) is 11.3 Å². The van der Waals surface area contributed by atoms with E-state index >= 15 is 0 Å². The van der Waals surface area contributed by atoms with Gasteiger partial charge < -0.3 is 14.6 Å². The SMILES string of the molecule is COCCNCc1cnoc1-c1ccc(C)cc1C. The Hall–Kier alpha value is -1.65. The second-order valence-corrected chi connectivity index (χ2v) is 4.67. The summed E-state index contributed by atoms with van der Waals surface area (Å²) in [6.45, 7) is 6.42. The monoisotopic (exact) mass is 260 g/mol. The predicted molar refractivity (Wildman–Crippen MR) is 75.0 cm³/mol. The first-order chi connectivity index (χ1) is 9.22. The van der Waals surface area contributed by atoms with Crippen LogP contribution < -0.4 is 5.32 Å². The summed E-state index contributed by atoms with van der Waals surface area (Å²) in [6, 6.07) is 6.33. The van der Waals surface area contributed by atoms with E-state index in [1.165, 1.54) is 11.1 Å². The van der Waals surface area contributed by atoms with Crippen LogP contribution in [0.5, 0.6) is 0 Å². The Morgan fingerprint density at radius 2 is 2.16 bits per heavy atom. The highest BCUT2D eigenvalue weighted by molar-refractivity contribution is 5.65. The van der Waals surface area contributed by atoms with Crippen LogP contribution in [0.15, 0.2) is 28.9 Å². The number of hydrogen-bond donors (Lipinski definition) is 1. The Bertz CT molecular complexity index is 535. The molecule has 0 radical (unpaired) electrons. The van der Waals surface area contributed by atoms with Gasteiger partial charge in [-0.05, 0) is 19.4 Å². The molecular formula is C15H20N2O2. The highest BCUT2D eigenvalue weighted by Crippen LogP contribution is 2.27. The molecule has 1 N–H and O–H groups in total. The van der Waals surface area contributed by atoms with Crippen LogP contribution in [0.3, 0.4) is 0 Å². The third-order valence-corrected chi connectivity index (χ3v) is 3.07. The lowest BCUT2D eigenvalue weighted by Crippen LogP contribution is -2.18. The van der Waals surface area contributed by atoms with Crippen LogP contribution in [0.2, 0.25) is 0 Å². The van der Waals surface area contributed by atoms with Gasteiger partial charge in [-0.15, -0.1) is 0 Å². The fourth-order valence-corrected chi connectivity index (χ4v) is 2.07. The number of aryl methyl sites for hydroxylation is 2. The van der Waals surface area contributed by atoms with Crippen LogP contribution in [0.4, 0.5) is 0 Å². The molecule has 2 rings (SSSR count). The first-order valence-electron chi connectivity index (χ1n) is 6.43. The van der Waals surface area contributed by atoms with E-state index in [0.717, 1.165) is 30.0 Å². The molecule has 0 amide bonds. The maximum atomic E-state index is 5.41. The lowest BCUT2D eigenvalue weighted by atomic mass is 10.0. The van der Waals surface area contributed by atoms with Crippen LogP contribution in [-0.4, -0.2) is 25.4 Å². The minimum atomic E-state index is 0.699. The van der Waals surface area contributed by atoms with Gasteiger partial charge in [0.15, 0.2) is 5.76 Å². The lowest BCUT2D eigenvalue weighted by molar-refractivity contribution is 0.199. The van der Waals surface area contributed by atoms with Crippen LogP contribution in [-0.2, 0) is 11.3 Å². The number of ether oxygens (including phenoxy) is 1. The van der Waals surface area contributed by atoms with Gasteiger partial charge >= 0.3 is 0 Å². The van der Waals surface area contributed by atoms with Gasteiger partial charge in [0.1, 0.15) is 0 Å². The summed E-state index contributed by atoms with van der Waals surface area (Å²) >= 11 is 0. The quantitative estimate of drug-likeness (QED) is 0.811. The number of benzene rings is 1. The Balaban J connectivity index is 2.14. The minimum absolute atomic E-state index is 0.699. The predicted octanol–water partition coefficient (Wildman–Crippen LogP) is 2.69. The summed E-state index contributed by atoms with van der Waals surface area (Å²) in [5.41, 5.74) is 4.63. The van der Waals surface area contributed by atoms with Gasteiger partial charge in [-0.2, -0.15) is 0 Å². The number of nitrogens with zero attached hydrogens (tertiary/aromatic N) is 1. The molecule has 0 saturated carbocycles. The number of hydrogen-bond acceptors (Lipinski definition) is 4. The van der Waals surface area contributed by atoms with Gasteiger partial charge in [0.25, 0.3) is 0 Å². The first-order valence-corrected chi connectivity index (χ1v) is 6.43. The van der Waals surface area contributed by atoms with Crippen molar-refractivity contribution in [2.24, 2.45) is 0 Å². The van der Waals surface area contributed by atoms with Gasteiger partial charge in [0.2, 0.25) is 0 Å². The van der Waals surface area contributed by atoms with E-state index in [-0.39, 0.29) is 0 Å². The highest BCUT2D eigenvalue weighted by atomic mass is 16.5. The molecule has 0 fully saturated rings. The minimum Gasteiger partial charge on any atom is -0.383 e. The van der Waals surface area contributed by atoms with Gasteiger partial charge in [0, 0.05) is 31.3 Å². The molecule has 4 nitrogen and oxygen atoms in total. The van der Waals surface area contributed by atoms with E-state index in [9.17, 15) is 0 Å². The zero-order chi connectivity index (χ0) is 13.7. The Morgan fingerprint density at radius 1 is 1.32 bits per heavy atom. The summed E-state index contributed by atoms with van der Waals surface area (Å²) in [4.78, 5) is 0. The zero-order valence-corrected chi connectivity index (χ0v) is 11.7. The van der Waals surface area contributed by atoms with Gasteiger partial charge in [-0.25, -0.2) is 0 Å². The van der Waals surface area contributed by atoms with E-state index in [4.69, 9.17) is 9.26 Å². The molecule has 0 aliphatic rings. The van der Waals surface area contributed by atoms with Crippen molar-refractivity contribution in [1.82, 2.24) is 10.5 Å². The first kappa shape index (κ1) is 13.8. The van der Waals surface area contributed by atoms with E-state index in [1.807, 2.05) is 0 Å². The van der Waals surface area contributed by atoms with Crippen molar-refractivity contribution in [1.29, 1.82) is 0 Å². The fraction of sp³-hybridized carbons (Fsp3) is 0.400. The molecule has 0 saturated heterocycles. The molecule has 1 aromatic carbocycles. The summed E-state index contributed by atoms with van der Waals surface area (Å²) in [5.74, 6) is 0.849. The van der Waals surface area contributed by atoms with E-state index in [1.54, 1.807) is 13.3 Å². The lowest BCUT2D eigenvalue weighted by Gasteiger charge is -2.07. The average molecular weight is 260 g/mol. The molecular weight excluding hydrogens is 240 g/mol. The molecule has 2 aromatic rings.